The van der Waals surface area contributed by atoms with E-state index in [2.05, 4.69) is 44.9 Å². The lowest BCUT2D eigenvalue weighted by atomic mass is 9.97. The Morgan fingerprint density at radius 3 is 2.71 bits per heavy atom. The van der Waals surface area contributed by atoms with Crippen LogP contribution in [0.4, 0.5) is 11.6 Å². The first-order valence-corrected chi connectivity index (χ1v) is 8.86. The molecule has 126 valence electrons. The fourth-order valence-electron chi connectivity index (χ4n) is 3.14. The fraction of sp³-hybridized carbons (Fsp3) is 0.474. The molecule has 1 saturated heterocycles. The topological polar surface area (TPSA) is 59.1 Å². The molecule has 0 bridgehead atoms. The van der Waals surface area contributed by atoms with Crippen LogP contribution >= 0.6 is 0 Å². The highest BCUT2D eigenvalue weighted by molar-refractivity contribution is 5.47. The van der Waals surface area contributed by atoms with Crippen molar-refractivity contribution in [2.45, 2.75) is 37.8 Å². The Hall–Kier alpha value is -2.14. The summed E-state index contributed by atoms with van der Waals surface area (Å²) >= 11 is 0. The van der Waals surface area contributed by atoms with Crippen molar-refractivity contribution in [1.82, 2.24) is 9.97 Å². The van der Waals surface area contributed by atoms with Gasteiger partial charge in [-0.15, -0.1) is 0 Å². The molecule has 24 heavy (non-hydrogen) atoms. The number of benzene rings is 1. The highest BCUT2D eigenvalue weighted by Gasteiger charge is 2.24. The van der Waals surface area contributed by atoms with Gasteiger partial charge in [-0.2, -0.15) is 0 Å². The van der Waals surface area contributed by atoms with Gasteiger partial charge in [-0.1, -0.05) is 30.3 Å². The summed E-state index contributed by atoms with van der Waals surface area (Å²) in [5, 5.41) is 6.96. The summed E-state index contributed by atoms with van der Waals surface area (Å²) in [7, 11) is 0. The van der Waals surface area contributed by atoms with E-state index < -0.39 is 0 Å². The van der Waals surface area contributed by atoms with Gasteiger partial charge < -0.3 is 15.4 Å². The fourth-order valence-corrected chi connectivity index (χ4v) is 3.14. The van der Waals surface area contributed by atoms with Gasteiger partial charge in [0.2, 0.25) is 0 Å². The van der Waals surface area contributed by atoms with Crippen molar-refractivity contribution < 1.29 is 4.74 Å². The number of anilines is 2. The van der Waals surface area contributed by atoms with Gasteiger partial charge in [-0.3, -0.25) is 0 Å². The Balaban J connectivity index is 1.36. The summed E-state index contributed by atoms with van der Waals surface area (Å²) in [6.45, 7) is 1.79. The molecule has 1 aliphatic heterocycles. The molecular formula is C19H24N4O. The maximum atomic E-state index is 5.94. The number of aromatic nitrogens is 2. The van der Waals surface area contributed by atoms with Crippen LogP contribution in [0.25, 0.3) is 0 Å². The molecule has 2 heterocycles. The predicted octanol–water partition coefficient (Wildman–Crippen LogP) is 3.63. The lowest BCUT2D eigenvalue weighted by molar-refractivity contribution is 0.00974. The summed E-state index contributed by atoms with van der Waals surface area (Å²) in [5.41, 5.74) is 1.25. The van der Waals surface area contributed by atoms with Crippen LogP contribution in [-0.2, 0) is 4.74 Å². The predicted molar refractivity (Wildman–Crippen MR) is 95.0 cm³/mol. The van der Waals surface area contributed by atoms with Crippen molar-refractivity contribution >= 4 is 11.6 Å². The molecule has 2 unspecified atom stereocenters. The van der Waals surface area contributed by atoms with Crippen molar-refractivity contribution in [3.63, 3.8) is 0 Å². The molecule has 1 aliphatic carbocycles. The average Bonchev–Trinajstić information content (AvgIpc) is 3.46. The third kappa shape index (κ3) is 4.03. The van der Waals surface area contributed by atoms with Crippen LogP contribution in [-0.4, -0.2) is 29.2 Å². The van der Waals surface area contributed by atoms with Gasteiger partial charge in [0.1, 0.15) is 18.0 Å². The Morgan fingerprint density at radius 2 is 1.88 bits per heavy atom. The molecule has 4 rings (SSSR count). The summed E-state index contributed by atoms with van der Waals surface area (Å²) < 4.78 is 5.94. The first-order valence-electron chi connectivity index (χ1n) is 8.86. The third-order valence-corrected chi connectivity index (χ3v) is 4.74. The van der Waals surface area contributed by atoms with E-state index in [1.807, 2.05) is 12.1 Å². The van der Waals surface area contributed by atoms with Gasteiger partial charge in [0.25, 0.3) is 0 Å². The van der Waals surface area contributed by atoms with Crippen molar-refractivity contribution in [1.29, 1.82) is 0 Å². The van der Waals surface area contributed by atoms with Gasteiger partial charge in [-0.25, -0.2) is 9.97 Å². The Bertz CT molecular complexity index is 659. The minimum atomic E-state index is 0.159. The van der Waals surface area contributed by atoms with Crippen molar-refractivity contribution in [3.05, 3.63) is 48.3 Å². The van der Waals surface area contributed by atoms with Crippen molar-refractivity contribution in [2.24, 2.45) is 5.92 Å². The van der Waals surface area contributed by atoms with Gasteiger partial charge in [0.15, 0.2) is 0 Å². The van der Waals surface area contributed by atoms with Gasteiger partial charge in [0, 0.05) is 25.3 Å². The lowest BCUT2D eigenvalue weighted by Crippen LogP contribution is -2.30. The monoisotopic (exact) mass is 324 g/mol. The molecule has 2 fully saturated rings. The number of hydrogen-bond donors (Lipinski definition) is 2. The third-order valence-electron chi connectivity index (χ3n) is 4.74. The molecular weight excluding hydrogens is 300 g/mol. The average molecular weight is 324 g/mol. The van der Waals surface area contributed by atoms with Gasteiger partial charge >= 0.3 is 0 Å². The Morgan fingerprint density at radius 1 is 1.04 bits per heavy atom. The number of hydrogen-bond acceptors (Lipinski definition) is 5. The summed E-state index contributed by atoms with van der Waals surface area (Å²) in [6.07, 6.45) is 6.42. The van der Waals surface area contributed by atoms with E-state index in [1.54, 1.807) is 6.33 Å². The molecule has 0 radical (unpaired) electrons. The van der Waals surface area contributed by atoms with E-state index in [4.69, 9.17) is 4.74 Å². The largest absolute Gasteiger partial charge is 0.373 e. The van der Waals surface area contributed by atoms with Crippen LogP contribution in [0, 0.1) is 5.92 Å². The van der Waals surface area contributed by atoms with Crippen LogP contribution < -0.4 is 10.6 Å². The molecule has 2 aliphatic rings. The quantitative estimate of drug-likeness (QED) is 0.850. The van der Waals surface area contributed by atoms with Gasteiger partial charge in [-0.05, 0) is 37.2 Å². The van der Waals surface area contributed by atoms with Crippen LogP contribution in [0.2, 0.25) is 0 Å². The number of ether oxygens (including phenoxy) is 1. The smallest absolute Gasteiger partial charge is 0.131 e. The highest BCUT2D eigenvalue weighted by Crippen LogP contribution is 2.30. The second-order valence-corrected chi connectivity index (χ2v) is 6.75. The second kappa shape index (κ2) is 7.18. The molecule has 2 atom stereocenters. The molecule has 1 aromatic carbocycles. The van der Waals surface area contributed by atoms with Crippen LogP contribution in [0.15, 0.2) is 42.7 Å². The molecule has 1 aromatic heterocycles. The van der Waals surface area contributed by atoms with E-state index >= 15 is 0 Å². The first-order chi connectivity index (χ1) is 11.9. The zero-order valence-electron chi connectivity index (χ0n) is 13.8. The van der Waals surface area contributed by atoms with Crippen LogP contribution in [0.3, 0.4) is 0 Å². The van der Waals surface area contributed by atoms with E-state index in [0.29, 0.717) is 6.04 Å². The lowest BCUT2D eigenvalue weighted by Gasteiger charge is -2.30. The van der Waals surface area contributed by atoms with Crippen molar-refractivity contribution in [2.75, 3.05) is 23.8 Å². The molecule has 5 nitrogen and oxygen atoms in total. The van der Waals surface area contributed by atoms with E-state index in [1.165, 1.54) is 18.4 Å². The standard InChI is InChI=1S/C19H24N4O/c1-2-4-15(5-3-1)17-10-16(8-9-24-17)23-19-11-18(21-13-22-19)20-12-14-6-7-14/h1-5,11,13-14,16-17H,6-10,12H2,(H2,20,21,22,23). The normalized spacial score (nSPS) is 23.7. The maximum absolute atomic E-state index is 5.94. The number of rotatable bonds is 6. The molecule has 0 spiro atoms. The summed E-state index contributed by atoms with van der Waals surface area (Å²) in [6, 6.07) is 12.8. The second-order valence-electron chi connectivity index (χ2n) is 6.75. The van der Waals surface area contributed by atoms with E-state index in [9.17, 15) is 0 Å². The number of nitrogens with one attached hydrogen (secondary N) is 2. The van der Waals surface area contributed by atoms with Gasteiger partial charge in [0.05, 0.1) is 6.10 Å². The zero-order valence-corrected chi connectivity index (χ0v) is 13.8. The SMILES string of the molecule is c1ccc(C2CC(Nc3cc(NCC4CC4)ncn3)CCO2)cc1. The molecule has 0 amide bonds. The Kier molecular flexibility index (Phi) is 4.60. The molecule has 2 N–H and O–H groups in total. The van der Waals surface area contributed by atoms with Crippen LogP contribution in [0.5, 0.6) is 0 Å². The first kappa shape index (κ1) is 15.4. The van der Waals surface area contributed by atoms with Crippen molar-refractivity contribution in [3.8, 4) is 0 Å². The molecule has 1 saturated carbocycles. The van der Waals surface area contributed by atoms with Crippen LogP contribution in [0.1, 0.15) is 37.4 Å². The Labute approximate surface area is 142 Å². The minimum absolute atomic E-state index is 0.159. The summed E-state index contributed by atoms with van der Waals surface area (Å²) in [4.78, 5) is 8.68. The maximum Gasteiger partial charge on any atom is 0.131 e. The molecule has 2 aromatic rings. The molecule has 5 heteroatoms. The zero-order chi connectivity index (χ0) is 16.2. The summed E-state index contributed by atoms with van der Waals surface area (Å²) in [5.74, 6) is 2.63. The van der Waals surface area contributed by atoms with E-state index in [0.717, 1.165) is 43.5 Å². The number of nitrogens with zero attached hydrogens (tertiary/aromatic N) is 2. The minimum Gasteiger partial charge on any atom is -0.373 e. The van der Waals surface area contributed by atoms with E-state index in [-0.39, 0.29) is 6.10 Å². The highest BCUT2D eigenvalue weighted by atomic mass is 16.5.